The van der Waals surface area contributed by atoms with Gasteiger partial charge in [-0.05, 0) is 76.2 Å². The zero-order valence-corrected chi connectivity index (χ0v) is 15.0. The molecule has 0 bridgehead atoms. The number of carbonyl (C=O) groups is 1. The normalized spacial score (nSPS) is 23.4. The first kappa shape index (κ1) is 17.4. The second-order valence-corrected chi connectivity index (χ2v) is 7.34. The van der Waals surface area contributed by atoms with Gasteiger partial charge in [-0.15, -0.1) is 0 Å². The molecule has 24 heavy (non-hydrogen) atoms. The third-order valence-electron chi connectivity index (χ3n) is 5.56. The number of hydrogen-bond acceptors (Lipinski definition) is 3. The van der Waals surface area contributed by atoms with Crippen molar-refractivity contribution in [3.8, 4) is 0 Å². The predicted molar refractivity (Wildman–Crippen MR) is 96.6 cm³/mol. The maximum absolute atomic E-state index is 12.9. The fraction of sp³-hybridized carbons (Fsp3) is 0.700. The van der Waals surface area contributed by atoms with Crippen LogP contribution in [0.1, 0.15) is 63.6 Å². The third-order valence-corrected chi connectivity index (χ3v) is 5.56. The standard InChI is InChI=1S/C20H31N3O/c1-2-12-22-14-9-17(10-15-22)16-20(24)23-13-6-4-8-19(23)18-7-3-5-11-21-18/h3,5,7,11,17,19H,2,4,6,8-10,12-16H2,1H3/t19-/m0/s1. The lowest BCUT2D eigenvalue weighted by Gasteiger charge is -2.37. The number of rotatable bonds is 5. The third kappa shape index (κ3) is 4.35. The SMILES string of the molecule is CCCN1CCC(CC(=O)N2CCCC[C@H]2c2ccccn2)CC1. The summed E-state index contributed by atoms with van der Waals surface area (Å²) >= 11 is 0. The van der Waals surface area contributed by atoms with E-state index in [-0.39, 0.29) is 6.04 Å². The molecule has 2 fully saturated rings. The van der Waals surface area contributed by atoms with Crippen LogP contribution in [0.2, 0.25) is 0 Å². The van der Waals surface area contributed by atoms with Crippen LogP contribution in [0.5, 0.6) is 0 Å². The molecule has 4 heteroatoms. The van der Waals surface area contributed by atoms with E-state index in [0.717, 1.165) is 44.6 Å². The molecule has 0 aromatic carbocycles. The van der Waals surface area contributed by atoms with Gasteiger partial charge in [0.25, 0.3) is 0 Å². The number of amides is 1. The number of likely N-dealkylation sites (tertiary alicyclic amines) is 2. The summed E-state index contributed by atoms with van der Waals surface area (Å²) in [5.74, 6) is 0.913. The first-order valence-corrected chi connectivity index (χ1v) is 9.70. The Hall–Kier alpha value is -1.42. The van der Waals surface area contributed by atoms with Crippen LogP contribution in [0.15, 0.2) is 24.4 Å². The largest absolute Gasteiger partial charge is 0.334 e. The first-order valence-electron chi connectivity index (χ1n) is 9.70. The van der Waals surface area contributed by atoms with E-state index >= 15 is 0 Å². The molecule has 1 aromatic rings. The molecule has 2 aliphatic heterocycles. The summed E-state index contributed by atoms with van der Waals surface area (Å²) in [6.07, 6.45) is 9.52. The number of carbonyl (C=O) groups excluding carboxylic acids is 1. The molecule has 2 aliphatic rings. The van der Waals surface area contributed by atoms with Crippen molar-refractivity contribution in [3.63, 3.8) is 0 Å². The van der Waals surface area contributed by atoms with Gasteiger partial charge >= 0.3 is 0 Å². The van der Waals surface area contributed by atoms with Crippen molar-refractivity contribution in [3.05, 3.63) is 30.1 Å². The van der Waals surface area contributed by atoms with Crippen molar-refractivity contribution < 1.29 is 4.79 Å². The van der Waals surface area contributed by atoms with Crippen LogP contribution in [-0.4, -0.2) is 46.9 Å². The van der Waals surface area contributed by atoms with Crippen molar-refractivity contribution in [2.75, 3.05) is 26.2 Å². The van der Waals surface area contributed by atoms with E-state index < -0.39 is 0 Å². The van der Waals surface area contributed by atoms with Crippen molar-refractivity contribution in [1.29, 1.82) is 0 Å². The van der Waals surface area contributed by atoms with Gasteiger partial charge in [0.05, 0.1) is 11.7 Å². The second kappa shape index (κ2) is 8.61. The van der Waals surface area contributed by atoms with Crippen LogP contribution >= 0.6 is 0 Å². The minimum absolute atomic E-state index is 0.188. The van der Waals surface area contributed by atoms with Gasteiger partial charge < -0.3 is 9.80 Å². The molecule has 3 rings (SSSR count). The van der Waals surface area contributed by atoms with E-state index in [0.29, 0.717) is 11.8 Å². The average Bonchev–Trinajstić information content (AvgIpc) is 2.64. The number of nitrogens with zero attached hydrogens (tertiary/aromatic N) is 3. The van der Waals surface area contributed by atoms with E-state index in [2.05, 4.69) is 27.8 Å². The molecule has 0 N–H and O–H groups in total. The molecule has 0 aliphatic carbocycles. The van der Waals surface area contributed by atoms with E-state index in [1.807, 2.05) is 18.3 Å². The topological polar surface area (TPSA) is 36.4 Å². The summed E-state index contributed by atoms with van der Waals surface area (Å²) < 4.78 is 0. The predicted octanol–water partition coefficient (Wildman–Crippen LogP) is 3.65. The van der Waals surface area contributed by atoms with Gasteiger partial charge in [0, 0.05) is 19.2 Å². The molecule has 1 atom stereocenters. The molecule has 2 saturated heterocycles. The maximum Gasteiger partial charge on any atom is 0.223 e. The summed E-state index contributed by atoms with van der Waals surface area (Å²) in [7, 11) is 0. The molecular formula is C20H31N3O. The quantitative estimate of drug-likeness (QED) is 0.827. The van der Waals surface area contributed by atoms with Gasteiger partial charge in [-0.2, -0.15) is 0 Å². The summed E-state index contributed by atoms with van der Waals surface area (Å²) in [6.45, 7) is 6.66. The Balaban J connectivity index is 1.57. The van der Waals surface area contributed by atoms with Crippen LogP contribution in [0.3, 0.4) is 0 Å². The summed E-state index contributed by atoms with van der Waals surface area (Å²) in [5.41, 5.74) is 1.06. The highest BCUT2D eigenvalue weighted by Gasteiger charge is 2.30. The number of pyridine rings is 1. The Labute approximate surface area is 146 Å². The van der Waals surface area contributed by atoms with Crippen LogP contribution in [0.4, 0.5) is 0 Å². The molecule has 3 heterocycles. The lowest BCUT2D eigenvalue weighted by molar-refractivity contribution is -0.136. The highest BCUT2D eigenvalue weighted by atomic mass is 16.2. The highest BCUT2D eigenvalue weighted by molar-refractivity contribution is 5.77. The summed E-state index contributed by atoms with van der Waals surface area (Å²) in [4.78, 5) is 22.1. The zero-order valence-electron chi connectivity index (χ0n) is 15.0. The van der Waals surface area contributed by atoms with Crippen molar-refractivity contribution >= 4 is 5.91 Å². The van der Waals surface area contributed by atoms with Crippen LogP contribution in [0, 0.1) is 5.92 Å². The van der Waals surface area contributed by atoms with Crippen LogP contribution in [-0.2, 0) is 4.79 Å². The van der Waals surface area contributed by atoms with Crippen molar-refractivity contribution in [2.45, 2.75) is 57.9 Å². The molecule has 0 unspecified atom stereocenters. The smallest absolute Gasteiger partial charge is 0.223 e. The second-order valence-electron chi connectivity index (χ2n) is 7.34. The monoisotopic (exact) mass is 329 g/mol. The summed E-state index contributed by atoms with van der Waals surface area (Å²) in [6, 6.07) is 6.23. The Morgan fingerprint density at radius 2 is 2.00 bits per heavy atom. The molecule has 4 nitrogen and oxygen atoms in total. The van der Waals surface area contributed by atoms with E-state index in [1.54, 1.807) is 0 Å². The fourth-order valence-electron chi connectivity index (χ4n) is 4.21. The fourth-order valence-corrected chi connectivity index (χ4v) is 4.21. The average molecular weight is 329 g/mol. The molecule has 0 spiro atoms. The van der Waals surface area contributed by atoms with Crippen molar-refractivity contribution in [1.82, 2.24) is 14.8 Å². The number of hydrogen-bond donors (Lipinski definition) is 0. The van der Waals surface area contributed by atoms with E-state index in [4.69, 9.17) is 0 Å². The van der Waals surface area contributed by atoms with Gasteiger partial charge in [0.1, 0.15) is 0 Å². The molecule has 1 amide bonds. The lowest BCUT2D eigenvalue weighted by Crippen LogP contribution is -2.41. The Morgan fingerprint density at radius 3 is 2.71 bits per heavy atom. The minimum Gasteiger partial charge on any atom is -0.334 e. The Morgan fingerprint density at radius 1 is 1.17 bits per heavy atom. The molecule has 0 saturated carbocycles. The molecular weight excluding hydrogens is 298 g/mol. The summed E-state index contributed by atoms with van der Waals surface area (Å²) in [5, 5.41) is 0. The van der Waals surface area contributed by atoms with E-state index in [9.17, 15) is 4.79 Å². The first-order chi connectivity index (χ1) is 11.8. The van der Waals surface area contributed by atoms with Crippen LogP contribution < -0.4 is 0 Å². The van der Waals surface area contributed by atoms with E-state index in [1.165, 1.54) is 32.2 Å². The number of aromatic nitrogens is 1. The van der Waals surface area contributed by atoms with Crippen LogP contribution in [0.25, 0.3) is 0 Å². The molecule has 0 radical (unpaired) electrons. The highest BCUT2D eigenvalue weighted by Crippen LogP contribution is 2.31. The number of piperidine rings is 2. The van der Waals surface area contributed by atoms with Gasteiger partial charge in [0.2, 0.25) is 5.91 Å². The van der Waals surface area contributed by atoms with Crippen molar-refractivity contribution in [2.24, 2.45) is 5.92 Å². The van der Waals surface area contributed by atoms with Gasteiger partial charge in [0.15, 0.2) is 0 Å². The lowest BCUT2D eigenvalue weighted by atomic mass is 9.91. The van der Waals surface area contributed by atoms with Gasteiger partial charge in [-0.3, -0.25) is 9.78 Å². The zero-order chi connectivity index (χ0) is 16.8. The minimum atomic E-state index is 0.188. The molecule has 1 aromatic heterocycles. The molecule has 132 valence electrons. The maximum atomic E-state index is 12.9. The van der Waals surface area contributed by atoms with Gasteiger partial charge in [-0.1, -0.05) is 13.0 Å². The Kier molecular flexibility index (Phi) is 6.24. The Bertz CT molecular complexity index is 511. The van der Waals surface area contributed by atoms with Gasteiger partial charge in [-0.25, -0.2) is 0 Å².